The van der Waals surface area contributed by atoms with Crippen molar-refractivity contribution in [3.8, 4) is 5.75 Å². The van der Waals surface area contributed by atoms with Gasteiger partial charge in [-0.2, -0.15) is 0 Å². The van der Waals surface area contributed by atoms with Gasteiger partial charge < -0.3 is 19.7 Å². The molecule has 1 aliphatic rings. The van der Waals surface area contributed by atoms with Gasteiger partial charge in [-0.25, -0.2) is 4.79 Å². The maximum atomic E-state index is 12.1. The van der Waals surface area contributed by atoms with Crippen molar-refractivity contribution in [2.45, 2.75) is 6.42 Å². The Bertz CT molecular complexity index is 504. The van der Waals surface area contributed by atoms with Crippen LogP contribution in [0, 0.1) is 5.92 Å². The van der Waals surface area contributed by atoms with Crippen LogP contribution < -0.4 is 10.1 Å². The summed E-state index contributed by atoms with van der Waals surface area (Å²) in [5.74, 6) is 0.102. The van der Waals surface area contributed by atoms with E-state index in [0.717, 1.165) is 0 Å². The Kier molecular flexibility index (Phi) is 4.45. The van der Waals surface area contributed by atoms with Crippen LogP contribution in [0.2, 0.25) is 0 Å². The third-order valence-corrected chi connectivity index (χ3v) is 3.36. The third kappa shape index (κ3) is 3.01. The molecule has 1 atom stereocenters. The van der Waals surface area contributed by atoms with Crippen molar-refractivity contribution in [2.24, 2.45) is 5.92 Å². The summed E-state index contributed by atoms with van der Waals surface area (Å²) in [4.78, 5) is 25.2. The van der Waals surface area contributed by atoms with E-state index in [-0.39, 0.29) is 17.9 Å². The van der Waals surface area contributed by atoms with Crippen molar-refractivity contribution in [1.82, 2.24) is 4.90 Å². The molecule has 0 saturated carbocycles. The summed E-state index contributed by atoms with van der Waals surface area (Å²) in [7, 11) is 2.91. The Hall–Kier alpha value is -2.24. The van der Waals surface area contributed by atoms with Crippen molar-refractivity contribution in [2.75, 3.05) is 32.6 Å². The first-order valence-electron chi connectivity index (χ1n) is 6.42. The minimum absolute atomic E-state index is 0.233. The number of hydrogen-bond donors (Lipinski definition) is 1. The second-order valence-corrected chi connectivity index (χ2v) is 4.59. The predicted molar refractivity (Wildman–Crippen MR) is 73.7 cm³/mol. The minimum Gasteiger partial charge on any atom is -0.495 e. The Labute approximate surface area is 117 Å². The van der Waals surface area contributed by atoms with Crippen LogP contribution in [-0.2, 0) is 9.53 Å². The van der Waals surface area contributed by atoms with Crippen LogP contribution in [0.1, 0.15) is 6.42 Å². The van der Waals surface area contributed by atoms with Gasteiger partial charge in [-0.05, 0) is 18.6 Å². The lowest BCUT2D eigenvalue weighted by atomic mass is 10.1. The van der Waals surface area contributed by atoms with E-state index >= 15 is 0 Å². The average Bonchev–Trinajstić information content (AvgIpc) is 2.97. The van der Waals surface area contributed by atoms with Gasteiger partial charge in [-0.3, -0.25) is 4.79 Å². The van der Waals surface area contributed by atoms with Gasteiger partial charge in [0.2, 0.25) is 0 Å². The Morgan fingerprint density at radius 1 is 1.30 bits per heavy atom. The molecule has 0 spiro atoms. The van der Waals surface area contributed by atoms with Crippen molar-refractivity contribution >= 4 is 17.7 Å². The van der Waals surface area contributed by atoms with Gasteiger partial charge >= 0.3 is 12.0 Å². The molecule has 0 bridgehead atoms. The largest absolute Gasteiger partial charge is 0.495 e. The number of anilines is 1. The standard InChI is InChI=1S/C14H18N2O4/c1-19-12-6-4-3-5-11(12)15-14(18)16-8-7-10(9-16)13(17)20-2/h3-6,10H,7-9H2,1-2H3,(H,15,18). The molecule has 1 fully saturated rings. The molecule has 1 heterocycles. The number of hydrogen-bond acceptors (Lipinski definition) is 4. The summed E-state index contributed by atoms with van der Waals surface area (Å²) >= 11 is 0. The molecule has 0 aliphatic carbocycles. The van der Waals surface area contributed by atoms with Crippen LogP contribution in [0.4, 0.5) is 10.5 Å². The number of amides is 2. The van der Waals surface area contributed by atoms with Crippen LogP contribution in [0.15, 0.2) is 24.3 Å². The Morgan fingerprint density at radius 2 is 2.05 bits per heavy atom. The van der Waals surface area contributed by atoms with Gasteiger partial charge in [0.05, 0.1) is 25.8 Å². The van der Waals surface area contributed by atoms with Crippen molar-refractivity contribution < 1.29 is 19.1 Å². The van der Waals surface area contributed by atoms with Crippen LogP contribution in [-0.4, -0.2) is 44.2 Å². The molecule has 2 rings (SSSR count). The summed E-state index contributed by atoms with van der Waals surface area (Å²) in [6.07, 6.45) is 0.631. The summed E-state index contributed by atoms with van der Waals surface area (Å²) < 4.78 is 9.88. The molecule has 6 nitrogen and oxygen atoms in total. The fourth-order valence-corrected chi connectivity index (χ4v) is 2.25. The summed E-state index contributed by atoms with van der Waals surface area (Å²) in [5.41, 5.74) is 0.613. The SMILES string of the molecule is COC(=O)C1CCN(C(=O)Nc2ccccc2OC)C1. The third-order valence-electron chi connectivity index (χ3n) is 3.36. The topological polar surface area (TPSA) is 67.9 Å². The van der Waals surface area contributed by atoms with E-state index in [2.05, 4.69) is 5.32 Å². The molecule has 108 valence electrons. The number of carbonyl (C=O) groups excluding carboxylic acids is 2. The number of methoxy groups -OCH3 is 2. The lowest BCUT2D eigenvalue weighted by molar-refractivity contribution is -0.144. The van der Waals surface area contributed by atoms with E-state index in [9.17, 15) is 9.59 Å². The number of nitrogens with one attached hydrogen (secondary N) is 1. The summed E-state index contributed by atoms with van der Waals surface area (Å²) in [6.45, 7) is 0.925. The molecule has 1 aliphatic heterocycles. The molecular weight excluding hydrogens is 260 g/mol. The zero-order chi connectivity index (χ0) is 14.5. The number of nitrogens with zero attached hydrogens (tertiary/aromatic N) is 1. The highest BCUT2D eigenvalue weighted by molar-refractivity contribution is 5.91. The van der Waals surface area contributed by atoms with E-state index < -0.39 is 0 Å². The van der Waals surface area contributed by atoms with Crippen LogP contribution >= 0.6 is 0 Å². The van der Waals surface area contributed by atoms with E-state index in [1.54, 1.807) is 24.1 Å². The van der Waals surface area contributed by atoms with Gasteiger partial charge in [-0.15, -0.1) is 0 Å². The number of carbonyl (C=O) groups is 2. The highest BCUT2D eigenvalue weighted by atomic mass is 16.5. The second-order valence-electron chi connectivity index (χ2n) is 4.59. The molecule has 2 amide bonds. The molecule has 6 heteroatoms. The smallest absolute Gasteiger partial charge is 0.321 e. The van der Waals surface area contributed by atoms with E-state index in [4.69, 9.17) is 9.47 Å². The number of esters is 1. The van der Waals surface area contributed by atoms with Gasteiger partial charge in [0.25, 0.3) is 0 Å². The number of benzene rings is 1. The molecule has 1 aromatic carbocycles. The molecule has 1 N–H and O–H groups in total. The Balaban J connectivity index is 1.98. The maximum absolute atomic E-state index is 12.1. The first-order chi connectivity index (χ1) is 9.65. The van der Waals surface area contributed by atoms with Crippen LogP contribution in [0.5, 0.6) is 5.75 Å². The number of para-hydroxylation sites is 2. The van der Waals surface area contributed by atoms with Gasteiger partial charge in [-0.1, -0.05) is 12.1 Å². The van der Waals surface area contributed by atoms with E-state index in [0.29, 0.717) is 30.9 Å². The number of rotatable bonds is 3. The Morgan fingerprint density at radius 3 is 2.75 bits per heavy atom. The maximum Gasteiger partial charge on any atom is 0.321 e. The summed E-state index contributed by atoms with van der Waals surface area (Å²) in [6, 6.07) is 6.96. The molecule has 1 unspecified atom stereocenters. The first-order valence-corrected chi connectivity index (χ1v) is 6.42. The van der Waals surface area contributed by atoms with Gasteiger partial charge in [0.15, 0.2) is 0 Å². The van der Waals surface area contributed by atoms with E-state index in [1.807, 2.05) is 12.1 Å². The number of likely N-dealkylation sites (tertiary alicyclic amines) is 1. The van der Waals surface area contributed by atoms with E-state index in [1.165, 1.54) is 7.11 Å². The normalized spacial score (nSPS) is 17.7. The molecular formula is C14H18N2O4. The fraction of sp³-hybridized carbons (Fsp3) is 0.429. The molecule has 0 aromatic heterocycles. The molecule has 0 radical (unpaired) electrons. The average molecular weight is 278 g/mol. The first kappa shape index (κ1) is 14.2. The monoisotopic (exact) mass is 278 g/mol. The zero-order valence-electron chi connectivity index (χ0n) is 11.6. The highest BCUT2D eigenvalue weighted by Gasteiger charge is 2.31. The molecule has 1 aromatic rings. The van der Waals surface area contributed by atoms with Crippen LogP contribution in [0.25, 0.3) is 0 Å². The zero-order valence-corrected chi connectivity index (χ0v) is 11.6. The highest BCUT2D eigenvalue weighted by Crippen LogP contribution is 2.24. The van der Waals surface area contributed by atoms with Gasteiger partial charge in [0.1, 0.15) is 5.75 Å². The van der Waals surface area contributed by atoms with Gasteiger partial charge in [0, 0.05) is 13.1 Å². The number of ether oxygens (including phenoxy) is 2. The predicted octanol–water partition coefficient (Wildman–Crippen LogP) is 1.72. The minimum atomic E-state index is -0.266. The van der Waals surface area contributed by atoms with Crippen molar-refractivity contribution in [3.05, 3.63) is 24.3 Å². The molecule has 1 saturated heterocycles. The van der Waals surface area contributed by atoms with Crippen molar-refractivity contribution in [3.63, 3.8) is 0 Å². The fourth-order valence-electron chi connectivity index (χ4n) is 2.25. The number of urea groups is 1. The molecule has 20 heavy (non-hydrogen) atoms. The summed E-state index contributed by atoms with van der Waals surface area (Å²) in [5, 5.41) is 2.79. The second kappa shape index (κ2) is 6.27. The van der Waals surface area contributed by atoms with Crippen LogP contribution in [0.3, 0.4) is 0 Å². The lowest BCUT2D eigenvalue weighted by Crippen LogP contribution is -2.34. The van der Waals surface area contributed by atoms with Crippen molar-refractivity contribution in [1.29, 1.82) is 0 Å². The quantitative estimate of drug-likeness (QED) is 0.855. The lowest BCUT2D eigenvalue weighted by Gasteiger charge is -2.18.